The average Bonchev–Trinajstić information content (AvgIpc) is 3.09. The smallest absolute Gasteiger partial charge is 0.220 e. The SMILES string of the molecule is CC(NC(=O)CCc1ncc(-c2ccc(Cl)cc2)o1)c1cccc(Br)c1. The van der Waals surface area contributed by atoms with E-state index in [1.54, 1.807) is 18.3 Å². The van der Waals surface area contributed by atoms with Crippen molar-refractivity contribution in [2.45, 2.75) is 25.8 Å². The number of hydrogen-bond acceptors (Lipinski definition) is 3. The first-order valence-corrected chi connectivity index (χ1v) is 9.44. The Morgan fingerprint density at radius 3 is 2.77 bits per heavy atom. The van der Waals surface area contributed by atoms with E-state index in [1.807, 2.05) is 43.3 Å². The van der Waals surface area contributed by atoms with Gasteiger partial charge in [0.25, 0.3) is 0 Å². The van der Waals surface area contributed by atoms with Crippen molar-refractivity contribution < 1.29 is 9.21 Å². The van der Waals surface area contributed by atoms with Crippen LogP contribution in [0.1, 0.15) is 30.8 Å². The van der Waals surface area contributed by atoms with E-state index in [4.69, 9.17) is 16.0 Å². The number of hydrogen-bond donors (Lipinski definition) is 1. The van der Waals surface area contributed by atoms with Crippen molar-refractivity contribution in [1.29, 1.82) is 0 Å². The van der Waals surface area contributed by atoms with Crippen molar-refractivity contribution in [3.63, 3.8) is 0 Å². The predicted molar refractivity (Wildman–Crippen MR) is 106 cm³/mol. The molecule has 1 N–H and O–H groups in total. The van der Waals surface area contributed by atoms with Gasteiger partial charge in [-0.15, -0.1) is 0 Å². The molecule has 1 atom stereocenters. The zero-order valence-corrected chi connectivity index (χ0v) is 16.5. The Hall–Kier alpha value is -2.11. The molecule has 0 spiro atoms. The topological polar surface area (TPSA) is 55.1 Å². The summed E-state index contributed by atoms with van der Waals surface area (Å²) in [5.41, 5.74) is 1.95. The number of rotatable bonds is 6. The fourth-order valence-electron chi connectivity index (χ4n) is 2.57. The lowest BCUT2D eigenvalue weighted by Gasteiger charge is -2.14. The van der Waals surface area contributed by atoms with Gasteiger partial charge in [0.15, 0.2) is 11.7 Å². The normalized spacial score (nSPS) is 12.0. The number of carbonyl (C=O) groups excluding carboxylic acids is 1. The Bertz CT molecular complexity index is 893. The summed E-state index contributed by atoms with van der Waals surface area (Å²) in [6, 6.07) is 15.2. The largest absolute Gasteiger partial charge is 0.441 e. The van der Waals surface area contributed by atoms with E-state index < -0.39 is 0 Å². The summed E-state index contributed by atoms with van der Waals surface area (Å²) in [6.07, 6.45) is 2.43. The lowest BCUT2D eigenvalue weighted by atomic mass is 10.1. The van der Waals surface area contributed by atoms with E-state index in [-0.39, 0.29) is 11.9 Å². The van der Waals surface area contributed by atoms with E-state index in [9.17, 15) is 4.79 Å². The molecule has 1 aromatic heterocycles. The van der Waals surface area contributed by atoms with Crippen LogP contribution < -0.4 is 5.32 Å². The molecule has 0 bridgehead atoms. The first-order valence-electron chi connectivity index (χ1n) is 8.27. The molecule has 0 aliphatic rings. The van der Waals surface area contributed by atoms with Crippen molar-refractivity contribution in [2.24, 2.45) is 0 Å². The number of amides is 1. The van der Waals surface area contributed by atoms with Crippen LogP contribution in [0.15, 0.2) is 63.6 Å². The first-order chi connectivity index (χ1) is 12.5. The Kier molecular flexibility index (Phi) is 6.12. The minimum Gasteiger partial charge on any atom is -0.441 e. The molecular weight excluding hydrogens is 416 g/mol. The number of halogens is 2. The summed E-state index contributed by atoms with van der Waals surface area (Å²) < 4.78 is 6.72. The van der Waals surface area contributed by atoms with E-state index in [1.165, 1.54) is 0 Å². The minimum atomic E-state index is -0.0609. The zero-order valence-electron chi connectivity index (χ0n) is 14.2. The van der Waals surface area contributed by atoms with E-state index >= 15 is 0 Å². The van der Waals surface area contributed by atoms with Crippen molar-refractivity contribution in [1.82, 2.24) is 10.3 Å². The maximum Gasteiger partial charge on any atom is 0.220 e. The van der Waals surface area contributed by atoms with Crippen LogP contribution in [0.3, 0.4) is 0 Å². The molecule has 0 fully saturated rings. The van der Waals surface area contributed by atoms with Crippen molar-refractivity contribution in [3.8, 4) is 11.3 Å². The molecule has 1 amide bonds. The van der Waals surface area contributed by atoms with Crippen molar-refractivity contribution >= 4 is 33.4 Å². The maximum absolute atomic E-state index is 12.2. The molecule has 3 aromatic rings. The van der Waals surface area contributed by atoms with Crippen LogP contribution in [-0.2, 0) is 11.2 Å². The third-order valence-electron chi connectivity index (χ3n) is 3.97. The third-order valence-corrected chi connectivity index (χ3v) is 4.72. The quantitative estimate of drug-likeness (QED) is 0.553. The maximum atomic E-state index is 12.2. The van der Waals surface area contributed by atoms with Crippen LogP contribution >= 0.6 is 27.5 Å². The van der Waals surface area contributed by atoms with Crippen LogP contribution in [-0.4, -0.2) is 10.9 Å². The van der Waals surface area contributed by atoms with Crippen LogP contribution in [0.5, 0.6) is 0 Å². The molecule has 0 saturated heterocycles. The Morgan fingerprint density at radius 1 is 1.27 bits per heavy atom. The number of aryl methyl sites for hydroxylation is 1. The molecule has 134 valence electrons. The molecule has 0 aliphatic heterocycles. The molecule has 1 heterocycles. The summed E-state index contributed by atoms with van der Waals surface area (Å²) in [7, 11) is 0. The van der Waals surface area contributed by atoms with Gasteiger partial charge in [0.1, 0.15) is 0 Å². The van der Waals surface area contributed by atoms with Crippen LogP contribution in [0, 0.1) is 0 Å². The molecule has 2 aromatic carbocycles. The Balaban J connectivity index is 1.54. The number of nitrogens with one attached hydrogen (secondary N) is 1. The number of carbonyl (C=O) groups is 1. The van der Waals surface area contributed by atoms with Gasteiger partial charge in [0.05, 0.1) is 12.2 Å². The summed E-state index contributed by atoms with van der Waals surface area (Å²) in [5, 5.41) is 3.67. The molecule has 26 heavy (non-hydrogen) atoms. The summed E-state index contributed by atoms with van der Waals surface area (Å²) in [4.78, 5) is 16.4. The number of benzene rings is 2. The highest BCUT2D eigenvalue weighted by Crippen LogP contribution is 2.23. The first kappa shape index (κ1) is 18.7. The molecule has 0 radical (unpaired) electrons. The number of oxazole rings is 1. The van der Waals surface area contributed by atoms with Crippen LogP contribution in [0.4, 0.5) is 0 Å². The molecule has 6 heteroatoms. The van der Waals surface area contributed by atoms with Crippen LogP contribution in [0.2, 0.25) is 5.02 Å². The summed E-state index contributed by atoms with van der Waals surface area (Å²) in [5.74, 6) is 1.17. The highest BCUT2D eigenvalue weighted by molar-refractivity contribution is 9.10. The predicted octanol–water partition coefficient (Wildman–Crippen LogP) is 5.57. The second-order valence-corrected chi connectivity index (χ2v) is 7.32. The van der Waals surface area contributed by atoms with E-state index in [0.717, 1.165) is 15.6 Å². The zero-order chi connectivity index (χ0) is 18.5. The molecule has 0 saturated carbocycles. The minimum absolute atomic E-state index is 0.0382. The standard InChI is InChI=1S/C20H18BrClN2O2/c1-13(15-3-2-4-16(21)11-15)24-19(25)9-10-20-23-12-18(26-20)14-5-7-17(22)8-6-14/h2-8,11-13H,9-10H2,1H3,(H,24,25). The summed E-state index contributed by atoms with van der Waals surface area (Å²) in [6.45, 7) is 1.96. The molecular formula is C20H18BrClN2O2. The van der Waals surface area contributed by atoms with Gasteiger partial charge in [0, 0.05) is 27.9 Å². The highest BCUT2D eigenvalue weighted by Gasteiger charge is 2.12. The second-order valence-electron chi connectivity index (χ2n) is 5.97. The van der Waals surface area contributed by atoms with Crippen molar-refractivity contribution in [3.05, 3.63) is 75.7 Å². The highest BCUT2D eigenvalue weighted by atomic mass is 79.9. The number of aromatic nitrogens is 1. The van der Waals surface area contributed by atoms with E-state index in [0.29, 0.717) is 29.5 Å². The third kappa shape index (κ3) is 4.96. The van der Waals surface area contributed by atoms with Gasteiger partial charge in [0.2, 0.25) is 5.91 Å². The van der Waals surface area contributed by atoms with Crippen LogP contribution in [0.25, 0.3) is 11.3 Å². The lowest BCUT2D eigenvalue weighted by molar-refractivity contribution is -0.121. The van der Waals surface area contributed by atoms with Gasteiger partial charge in [-0.2, -0.15) is 0 Å². The Labute approximate surface area is 165 Å². The number of nitrogens with zero attached hydrogens (tertiary/aromatic N) is 1. The lowest BCUT2D eigenvalue weighted by Crippen LogP contribution is -2.26. The van der Waals surface area contributed by atoms with Gasteiger partial charge >= 0.3 is 0 Å². The molecule has 1 unspecified atom stereocenters. The fourth-order valence-corrected chi connectivity index (χ4v) is 3.11. The van der Waals surface area contributed by atoms with Gasteiger partial charge in [-0.1, -0.05) is 39.7 Å². The fraction of sp³-hybridized carbons (Fsp3) is 0.200. The van der Waals surface area contributed by atoms with Gasteiger partial charge < -0.3 is 9.73 Å². The van der Waals surface area contributed by atoms with Gasteiger partial charge in [-0.05, 0) is 48.9 Å². The van der Waals surface area contributed by atoms with Crippen molar-refractivity contribution in [2.75, 3.05) is 0 Å². The molecule has 4 nitrogen and oxygen atoms in total. The van der Waals surface area contributed by atoms with Gasteiger partial charge in [-0.25, -0.2) is 4.98 Å². The van der Waals surface area contributed by atoms with E-state index in [2.05, 4.69) is 26.2 Å². The molecule has 3 rings (SSSR count). The molecule has 0 aliphatic carbocycles. The van der Waals surface area contributed by atoms with Gasteiger partial charge in [-0.3, -0.25) is 4.79 Å². The Morgan fingerprint density at radius 2 is 2.04 bits per heavy atom. The monoisotopic (exact) mass is 432 g/mol. The average molecular weight is 434 g/mol. The second kappa shape index (κ2) is 8.52. The summed E-state index contributed by atoms with van der Waals surface area (Å²) >= 11 is 9.33.